The van der Waals surface area contributed by atoms with Gasteiger partial charge >= 0.3 is 11.9 Å². The van der Waals surface area contributed by atoms with Crippen LogP contribution in [-0.4, -0.2) is 44.3 Å². The Labute approximate surface area is 219 Å². The van der Waals surface area contributed by atoms with E-state index in [0.717, 1.165) is 16.7 Å². The Balaban J connectivity index is 1.32. The third kappa shape index (κ3) is 5.66. The number of benzene rings is 3. The predicted octanol–water partition coefficient (Wildman–Crippen LogP) is 3.25. The van der Waals surface area contributed by atoms with Gasteiger partial charge in [0.15, 0.2) is 23.0 Å². The minimum Gasteiger partial charge on any atom is -0.481 e. The van der Waals surface area contributed by atoms with Crippen LogP contribution in [0.25, 0.3) is 0 Å². The van der Waals surface area contributed by atoms with Gasteiger partial charge in [0.25, 0.3) is 0 Å². The molecule has 2 unspecified atom stereocenters. The van der Waals surface area contributed by atoms with E-state index in [1.807, 2.05) is 36.4 Å². The first-order valence-corrected chi connectivity index (χ1v) is 12.1. The molecule has 0 saturated heterocycles. The lowest BCUT2D eigenvalue weighted by Gasteiger charge is -2.26. The fraction of sp³-hybridized carbons (Fsp3) is 0.286. The average molecular weight is 521 g/mol. The van der Waals surface area contributed by atoms with Crippen LogP contribution in [0.3, 0.4) is 0 Å². The highest BCUT2D eigenvalue weighted by Crippen LogP contribution is 2.34. The number of fused-ring (bicyclic) bond motifs is 2. The first-order valence-electron chi connectivity index (χ1n) is 12.1. The largest absolute Gasteiger partial charge is 0.481 e. The summed E-state index contributed by atoms with van der Waals surface area (Å²) in [5, 5.41) is 16.9. The average Bonchev–Trinajstić information content (AvgIpc) is 3.60. The number of carbonyl (C=O) groups excluding carboxylic acids is 1. The molecule has 198 valence electrons. The number of rotatable bonds is 11. The van der Waals surface area contributed by atoms with Crippen LogP contribution in [0, 0.1) is 5.92 Å². The number of aliphatic carboxylic acids is 1. The SMILES string of the molecule is COC(=O)c1ccc(C(NCc2ccc3c(c2)OCO3)C(CNCc2ccc3c(c2)OCO3)C(=O)O)cc1. The van der Waals surface area contributed by atoms with Crippen molar-refractivity contribution in [3.05, 3.63) is 82.9 Å². The first kappa shape index (κ1) is 25.4. The number of hydrogen-bond donors (Lipinski definition) is 3. The molecule has 3 aromatic carbocycles. The summed E-state index contributed by atoms with van der Waals surface area (Å²) in [5.41, 5.74) is 2.99. The maximum atomic E-state index is 12.5. The molecule has 0 amide bonds. The molecular weight excluding hydrogens is 492 g/mol. The van der Waals surface area contributed by atoms with Crippen molar-refractivity contribution < 1.29 is 38.4 Å². The summed E-state index contributed by atoms with van der Waals surface area (Å²) in [6, 6.07) is 17.5. The molecule has 5 rings (SSSR count). The van der Waals surface area contributed by atoms with Gasteiger partial charge in [-0.25, -0.2) is 4.79 Å². The van der Waals surface area contributed by atoms with Crippen molar-refractivity contribution in [2.45, 2.75) is 19.1 Å². The van der Waals surface area contributed by atoms with Crippen molar-refractivity contribution in [1.29, 1.82) is 0 Å². The Morgan fingerprint density at radius 2 is 1.42 bits per heavy atom. The number of carboxylic acids is 1. The van der Waals surface area contributed by atoms with Gasteiger partial charge < -0.3 is 39.4 Å². The van der Waals surface area contributed by atoms with Gasteiger partial charge in [-0.1, -0.05) is 24.3 Å². The maximum absolute atomic E-state index is 12.5. The van der Waals surface area contributed by atoms with Crippen molar-refractivity contribution in [3.8, 4) is 23.0 Å². The molecule has 0 fully saturated rings. The summed E-state index contributed by atoms with van der Waals surface area (Å²) >= 11 is 0. The van der Waals surface area contributed by atoms with Crippen molar-refractivity contribution in [3.63, 3.8) is 0 Å². The van der Waals surface area contributed by atoms with Gasteiger partial charge in [0.1, 0.15) is 0 Å². The highest BCUT2D eigenvalue weighted by molar-refractivity contribution is 5.89. The van der Waals surface area contributed by atoms with Crippen molar-refractivity contribution in [2.24, 2.45) is 5.92 Å². The second kappa shape index (κ2) is 11.4. The van der Waals surface area contributed by atoms with Crippen molar-refractivity contribution in [2.75, 3.05) is 27.2 Å². The summed E-state index contributed by atoms with van der Waals surface area (Å²) in [5.74, 6) is 0.476. The molecule has 38 heavy (non-hydrogen) atoms. The molecule has 2 heterocycles. The minimum absolute atomic E-state index is 0.178. The standard InChI is InChI=1S/C28H28N2O8/c1-34-28(33)20-6-4-19(5-7-20)26(30-13-18-3-9-23-25(11-18)38-16-36-23)21(27(31)32)14-29-12-17-2-8-22-24(10-17)37-15-35-22/h2-11,21,26,29-30H,12-16H2,1H3,(H,31,32). The van der Waals surface area contributed by atoms with Crippen LogP contribution in [0.4, 0.5) is 0 Å². The van der Waals surface area contributed by atoms with Crippen molar-refractivity contribution in [1.82, 2.24) is 10.6 Å². The summed E-state index contributed by atoms with van der Waals surface area (Å²) in [7, 11) is 1.32. The zero-order valence-corrected chi connectivity index (χ0v) is 20.8. The Kier molecular flexibility index (Phi) is 7.62. The van der Waals surface area contributed by atoms with Crippen LogP contribution in [0.5, 0.6) is 23.0 Å². The van der Waals surface area contributed by atoms with Crippen LogP contribution in [0.15, 0.2) is 60.7 Å². The maximum Gasteiger partial charge on any atom is 0.337 e. The van der Waals surface area contributed by atoms with Gasteiger partial charge in [0.05, 0.1) is 18.6 Å². The first-order chi connectivity index (χ1) is 18.5. The summed E-state index contributed by atoms with van der Waals surface area (Å²) < 4.78 is 26.4. The third-order valence-corrected chi connectivity index (χ3v) is 6.50. The molecule has 3 aromatic rings. The highest BCUT2D eigenvalue weighted by atomic mass is 16.7. The van der Waals surface area contributed by atoms with E-state index in [4.69, 9.17) is 23.7 Å². The Hall–Kier alpha value is -4.28. The lowest BCUT2D eigenvalue weighted by Crippen LogP contribution is -2.39. The number of methoxy groups -OCH3 is 1. The lowest BCUT2D eigenvalue weighted by atomic mass is 9.91. The zero-order valence-electron chi connectivity index (χ0n) is 20.8. The van der Waals surface area contributed by atoms with E-state index in [2.05, 4.69) is 10.6 Å². The molecule has 0 spiro atoms. The van der Waals surface area contributed by atoms with Crippen LogP contribution < -0.4 is 29.6 Å². The molecule has 2 aliphatic rings. The summed E-state index contributed by atoms with van der Waals surface area (Å²) in [6.07, 6.45) is 0. The van der Waals surface area contributed by atoms with E-state index in [9.17, 15) is 14.7 Å². The molecular formula is C28H28N2O8. The second-order valence-electron chi connectivity index (χ2n) is 8.92. The van der Waals surface area contributed by atoms with Gasteiger partial charge in [0.2, 0.25) is 13.6 Å². The minimum atomic E-state index is -0.955. The zero-order chi connectivity index (χ0) is 26.5. The Morgan fingerprint density at radius 3 is 2.00 bits per heavy atom. The van der Waals surface area contributed by atoms with E-state index in [0.29, 0.717) is 41.7 Å². The molecule has 0 aliphatic carbocycles. The van der Waals surface area contributed by atoms with E-state index in [-0.39, 0.29) is 20.1 Å². The summed E-state index contributed by atoms with van der Waals surface area (Å²) in [4.78, 5) is 24.4. The topological polar surface area (TPSA) is 125 Å². The van der Waals surface area contributed by atoms with E-state index >= 15 is 0 Å². The van der Waals surface area contributed by atoms with Gasteiger partial charge in [-0.05, 0) is 53.1 Å². The molecule has 10 nitrogen and oxygen atoms in total. The van der Waals surface area contributed by atoms with Crippen LogP contribution >= 0.6 is 0 Å². The second-order valence-corrected chi connectivity index (χ2v) is 8.92. The molecule has 0 aromatic heterocycles. The van der Waals surface area contributed by atoms with Gasteiger partial charge in [-0.2, -0.15) is 0 Å². The fourth-order valence-corrected chi connectivity index (χ4v) is 4.49. The summed E-state index contributed by atoms with van der Waals surface area (Å²) in [6.45, 7) is 1.42. The van der Waals surface area contributed by atoms with Crippen LogP contribution in [0.2, 0.25) is 0 Å². The monoisotopic (exact) mass is 520 g/mol. The molecule has 2 atom stereocenters. The number of hydrogen-bond acceptors (Lipinski definition) is 9. The van der Waals surface area contributed by atoms with Gasteiger partial charge in [-0.3, -0.25) is 4.79 Å². The molecule has 2 aliphatic heterocycles. The number of ether oxygens (including phenoxy) is 5. The van der Waals surface area contributed by atoms with Gasteiger partial charge in [0, 0.05) is 25.7 Å². The Bertz CT molecular complexity index is 1310. The molecule has 3 N–H and O–H groups in total. The third-order valence-electron chi connectivity index (χ3n) is 6.50. The van der Waals surface area contributed by atoms with Gasteiger partial charge in [-0.15, -0.1) is 0 Å². The number of esters is 1. The van der Waals surface area contributed by atoms with Crippen LogP contribution in [0.1, 0.15) is 33.1 Å². The normalized spacial score (nSPS) is 14.7. The van der Waals surface area contributed by atoms with E-state index in [1.54, 1.807) is 24.3 Å². The number of carbonyl (C=O) groups is 2. The lowest BCUT2D eigenvalue weighted by molar-refractivity contribution is -0.142. The molecule has 10 heteroatoms. The number of carboxylic acid groups (broad SMARTS) is 1. The quantitative estimate of drug-likeness (QED) is 0.325. The predicted molar refractivity (Wildman–Crippen MR) is 135 cm³/mol. The van der Waals surface area contributed by atoms with E-state index in [1.165, 1.54) is 7.11 Å². The van der Waals surface area contributed by atoms with E-state index < -0.39 is 23.9 Å². The molecule has 0 saturated carbocycles. The molecule has 0 bridgehead atoms. The molecule has 0 radical (unpaired) electrons. The smallest absolute Gasteiger partial charge is 0.337 e. The fourth-order valence-electron chi connectivity index (χ4n) is 4.49. The Morgan fingerprint density at radius 1 is 0.842 bits per heavy atom. The highest BCUT2D eigenvalue weighted by Gasteiger charge is 2.29. The number of nitrogens with one attached hydrogen (secondary N) is 2. The van der Waals surface area contributed by atoms with Crippen LogP contribution in [-0.2, 0) is 22.6 Å². The van der Waals surface area contributed by atoms with Crippen molar-refractivity contribution >= 4 is 11.9 Å².